The maximum absolute atomic E-state index is 14.1. The molecule has 1 N–H and O–H groups in total. The molecule has 0 unspecified atom stereocenters. The van der Waals surface area contributed by atoms with Gasteiger partial charge in [-0.3, -0.25) is 0 Å². The Morgan fingerprint density at radius 3 is 1.64 bits per heavy atom. The molecule has 0 atom stereocenters. The highest BCUT2D eigenvalue weighted by molar-refractivity contribution is 8.08. The molecule has 3 aromatic rings. The van der Waals surface area contributed by atoms with Crippen LogP contribution in [0.5, 0.6) is 0 Å². The van der Waals surface area contributed by atoms with Gasteiger partial charge in [0.05, 0.1) is 0 Å². The molecule has 0 saturated carbocycles. The highest BCUT2D eigenvalue weighted by Crippen LogP contribution is 2.45. The summed E-state index contributed by atoms with van der Waals surface area (Å²) in [6.45, 7) is 4.04. The van der Waals surface area contributed by atoms with Crippen LogP contribution in [0.1, 0.15) is 11.1 Å². The van der Waals surface area contributed by atoms with E-state index in [1.54, 1.807) is 0 Å². The summed E-state index contributed by atoms with van der Waals surface area (Å²) in [5, 5.41) is 4.77. The van der Waals surface area contributed by atoms with Crippen molar-refractivity contribution < 1.29 is 4.57 Å². The largest absolute Gasteiger partial charge is 0.343 e. The summed E-state index contributed by atoms with van der Waals surface area (Å²) in [6.07, 6.45) is 0. The number of rotatable bonds is 4. The third kappa shape index (κ3) is 3.44. The smallest absolute Gasteiger partial charge is 0.197 e. The van der Waals surface area contributed by atoms with Crippen molar-refractivity contribution in [3.63, 3.8) is 0 Å². The Hall–Kier alpha value is -2.22. The zero-order valence-corrected chi connectivity index (χ0v) is 16.0. The van der Waals surface area contributed by atoms with E-state index in [9.17, 15) is 4.57 Å². The lowest BCUT2D eigenvalue weighted by Crippen LogP contribution is -2.26. The Labute approximate surface area is 154 Å². The van der Waals surface area contributed by atoms with E-state index >= 15 is 0 Å². The van der Waals surface area contributed by atoms with Crippen LogP contribution in [0.3, 0.4) is 0 Å². The van der Waals surface area contributed by atoms with E-state index in [0.29, 0.717) is 4.73 Å². The van der Waals surface area contributed by atoms with E-state index in [1.165, 1.54) is 0 Å². The molecule has 0 heterocycles. The fourth-order valence-electron chi connectivity index (χ4n) is 2.86. The van der Waals surface area contributed by atoms with Gasteiger partial charge in [0.1, 0.15) is 4.73 Å². The summed E-state index contributed by atoms with van der Waals surface area (Å²) in [6, 6.07) is 25.0. The predicted molar refractivity (Wildman–Crippen MR) is 112 cm³/mol. The number of hydrogen-bond acceptors (Lipinski definition) is 2. The standard InChI is InChI=1S/C21H20NOPS/c1-16-10-9-11-17(2)20(16)22-21(25)24(23,18-12-5-3-6-13-18)19-14-7-4-8-15-19/h3-15H,1-2H3,(H,22,25). The van der Waals surface area contributed by atoms with Gasteiger partial charge in [-0.05, 0) is 25.0 Å². The van der Waals surface area contributed by atoms with Crippen molar-refractivity contribution in [1.29, 1.82) is 0 Å². The van der Waals surface area contributed by atoms with E-state index in [0.717, 1.165) is 27.4 Å². The summed E-state index contributed by atoms with van der Waals surface area (Å²) in [5.74, 6) is 0. The van der Waals surface area contributed by atoms with Crippen LogP contribution in [0.15, 0.2) is 78.9 Å². The Bertz CT molecular complexity index is 875. The molecule has 0 saturated heterocycles. The molecule has 25 heavy (non-hydrogen) atoms. The zero-order chi connectivity index (χ0) is 17.9. The first-order valence-electron chi connectivity index (χ1n) is 8.12. The second-order valence-corrected chi connectivity index (χ2v) is 9.39. The van der Waals surface area contributed by atoms with Crippen molar-refractivity contribution in [2.75, 3.05) is 5.32 Å². The van der Waals surface area contributed by atoms with Crippen LogP contribution in [0.4, 0.5) is 5.69 Å². The van der Waals surface area contributed by atoms with Gasteiger partial charge in [-0.2, -0.15) is 0 Å². The predicted octanol–water partition coefficient (Wildman–Crippen LogP) is 5.01. The second kappa shape index (κ2) is 7.35. The molecule has 4 heteroatoms. The number of nitrogens with one attached hydrogen (secondary N) is 1. The Kier molecular flexibility index (Phi) is 5.17. The molecule has 0 bridgehead atoms. The molecular weight excluding hydrogens is 345 g/mol. The van der Waals surface area contributed by atoms with Gasteiger partial charge < -0.3 is 9.88 Å². The quantitative estimate of drug-likeness (QED) is 0.520. The SMILES string of the molecule is Cc1cccc(C)c1NC(=S)P(=O)(c1ccccc1)c1ccccc1. The normalized spacial score (nSPS) is 11.1. The van der Waals surface area contributed by atoms with Gasteiger partial charge in [0.2, 0.25) is 0 Å². The Balaban J connectivity index is 2.10. The summed E-state index contributed by atoms with van der Waals surface area (Å²) in [4.78, 5) is 0. The van der Waals surface area contributed by atoms with Crippen molar-refractivity contribution in [2.45, 2.75) is 13.8 Å². The number of thiocarbonyl (C=S) groups is 1. The Morgan fingerprint density at radius 2 is 1.20 bits per heavy atom. The van der Waals surface area contributed by atoms with Crippen molar-refractivity contribution in [2.24, 2.45) is 0 Å². The van der Waals surface area contributed by atoms with Crippen molar-refractivity contribution in [1.82, 2.24) is 0 Å². The maximum Gasteiger partial charge on any atom is 0.197 e. The summed E-state index contributed by atoms with van der Waals surface area (Å²) in [7, 11) is -3.10. The fourth-order valence-corrected chi connectivity index (χ4v) is 5.81. The number of para-hydroxylation sites is 1. The topological polar surface area (TPSA) is 29.1 Å². The molecule has 0 amide bonds. The molecule has 0 radical (unpaired) electrons. The van der Waals surface area contributed by atoms with E-state index in [2.05, 4.69) is 5.32 Å². The van der Waals surface area contributed by atoms with E-state index < -0.39 is 7.14 Å². The molecular formula is C21H20NOPS. The van der Waals surface area contributed by atoms with Crippen molar-refractivity contribution in [3.8, 4) is 0 Å². The van der Waals surface area contributed by atoms with Gasteiger partial charge in [0, 0.05) is 16.3 Å². The lowest BCUT2D eigenvalue weighted by molar-refractivity contribution is 0.594. The average molecular weight is 365 g/mol. The van der Waals surface area contributed by atoms with Gasteiger partial charge in [0.25, 0.3) is 0 Å². The van der Waals surface area contributed by atoms with Gasteiger partial charge >= 0.3 is 0 Å². The lowest BCUT2D eigenvalue weighted by atomic mass is 10.1. The third-order valence-electron chi connectivity index (χ3n) is 4.24. The molecule has 126 valence electrons. The molecule has 0 aromatic heterocycles. The highest BCUT2D eigenvalue weighted by atomic mass is 32.1. The van der Waals surface area contributed by atoms with Crippen LogP contribution in [-0.2, 0) is 4.57 Å². The van der Waals surface area contributed by atoms with Crippen molar-refractivity contribution >= 4 is 40.4 Å². The van der Waals surface area contributed by atoms with E-state index in [1.807, 2.05) is 92.7 Å². The van der Waals surface area contributed by atoms with Crippen LogP contribution < -0.4 is 15.9 Å². The number of hydrogen-bond donors (Lipinski definition) is 1. The first-order valence-corrected chi connectivity index (χ1v) is 10.2. The summed E-state index contributed by atoms with van der Waals surface area (Å²) < 4.78 is 14.5. The Morgan fingerprint density at radius 1 is 0.760 bits per heavy atom. The molecule has 0 fully saturated rings. The highest BCUT2D eigenvalue weighted by Gasteiger charge is 2.32. The third-order valence-corrected chi connectivity index (χ3v) is 7.85. The van der Waals surface area contributed by atoms with Crippen LogP contribution in [0, 0.1) is 13.8 Å². The van der Waals surface area contributed by atoms with Crippen LogP contribution >= 0.6 is 19.4 Å². The van der Waals surface area contributed by atoms with E-state index in [4.69, 9.17) is 12.2 Å². The minimum absolute atomic E-state index is 0.363. The monoisotopic (exact) mass is 365 g/mol. The lowest BCUT2D eigenvalue weighted by Gasteiger charge is -2.23. The first-order chi connectivity index (χ1) is 12.0. The summed E-state index contributed by atoms with van der Waals surface area (Å²) >= 11 is 5.68. The van der Waals surface area contributed by atoms with Crippen molar-refractivity contribution in [3.05, 3.63) is 90.0 Å². The molecule has 3 rings (SSSR count). The number of benzene rings is 3. The van der Waals surface area contributed by atoms with Gasteiger partial charge in [-0.25, -0.2) is 0 Å². The molecule has 0 aliphatic carbocycles. The van der Waals surface area contributed by atoms with Crippen LogP contribution in [0.2, 0.25) is 0 Å². The first kappa shape index (κ1) is 17.6. The minimum atomic E-state index is -3.10. The molecule has 0 aliphatic heterocycles. The second-order valence-electron chi connectivity index (χ2n) is 5.98. The number of anilines is 1. The molecule has 0 spiro atoms. The number of aryl methyl sites for hydroxylation is 2. The fraction of sp³-hybridized carbons (Fsp3) is 0.0952. The minimum Gasteiger partial charge on any atom is -0.343 e. The van der Waals surface area contributed by atoms with Gasteiger partial charge in [0.15, 0.2) is 7.14 Å². The zero-order valence-electron chi connectivity index (χ0n) is 14.3. The summed E-state index contributed by atoms with van der Waals surface area (Å²) in [5.41, 5.74) is 3.09. The van der Waals surface area contributed by atoms with Gasteiger partial charge in [-0.15, -0.1) is 0 Å². The maximum atomic E-state index is 14.1. The van der Waals surface area contributed by atoms with Gasteiger partial charge in [-0.1, -0.05) is 91.1 Å². The van der Waals surface area contributed by atoms with Crippen LogP contribution in [0.25, 0.3) is 0 Å². The molecule has 2 nitrogen and oxygen atoms in total. The van der Waals surface area contributed by atoms with E-state index in [-0.39, 0.29) is 0 Å². The average Bonchev–Trinajstić information content (AvgIpc) is 2.65. The molecule has 3 aromatic carbocycles. The van der Waals surface area contributed by atoms with Crippen LogP contribution in [-0.4, -0.2) is 4.73 Å². The molecule has 0 aliphatic rings.